The zero-order chi connectivity index (χ0) is 29.4. The van der Waals surface area contributed by atoms with E-state index in [1.807, 2.05) is 0 Å². The first-order valence-corrected chi connectivity index (χ1v) is 17.1. The molecule has 0 fully saturated rings. The first-order chi connectivity index (χ1) is 19.6. The van der Waals surface area contributed by atoms with Gasteiger partial charge in [0, 0.05) is 20.0 Å². The third-order valence-corrected chi connectivity index (χ3v) is 7.43. The van der Waals surface area contributed by atoms with Gasteiger partial charge in [0.15, 0.2) is 6.10 Å². The summed E-state index contributed by atoms with van der Waals surface area (Å²) in [7, 11) is 1.62. The van der Waals surface area contributed by atoms with Crippen molar-refractivity contribution in [1.82, 2.24) is 0 Å². The smallest absolute Gasteiger partial charge is 0.306 e. The molecular formula is C35H70O6. The molecule has 0 radical (unpaired) electrons. The van der Waals surface area contributed by atoms with Crippen molar-refractivity contribution in [2.24, 2.45) is 0 Å². The number of unbranched alkanes of at least 4 members (excludes halogenated alkanes) is 20. The third kappa shape index (κ3) is 33.2. The average molecular weight is 587 g/mol. The van der Waals surface area contributed by atoms with Gasteiger partial charge in [-0.05, 0) is 12.8 Å². The molecule has 0 saturated carbocycles. The summed E-state index contributed by atoms with van der Waals surface area (Å²) in [6.07, 6.45) is 27.6. The third-order valence-electron chi connectivity index (χ3n) is 7.43. The van der Waals surface area contributed by atoms with E-state index in [4.69, 9.17) is 18.9 Å². The highest BCUT2D eigenvalue weighted by molar-refractivity contribution is 5.70. The maximum Gasteiger partial charge on any atom is 0.306 e. The van der Waals surface area contributed by atoms with Gasteiger partial charge in [-0.15, -0.1) is 0 Å². The number of ether oxygens (including phenoxy) is 4. The first kappa shape index (κ1) is 42.0. The van der Waals surface area contributed by atoms with E-state index in [9.17, 15) is 9.59 Å². The quantitative estimate of drug-likeness (QED) is 0.0577. The molecule has 1 atom stereocenters. The molecule has 6 heteroatoms. The number of esters is 2. The molecule has 6 nitrogen and oxygen atoms in total. The Morgan fingerprint density at radius 2 is 0.902 bits per heavy atom. The normalized spacial score (nSPS) is 11.7. The minimum Gasteiger partial charge on any atom is -0.462 e. The zero-order valence-corrected chi connectivity index (χ0v) is 26.8. The van der Waals surface area contributed by atoms with E-state index in [2.05, 4.69) is 13.8 Å². The van der Waals surface area contributed by atoms with E-state index >= 15 is 0 Å². The summed E-state index contributed by atoms with van der Waals surface area (Å²) in [6, 6.07) is 0. The minimum absolute atomic E-state index is 0. The lowest BCUT2D eigenvalue weighted by Crippen LogP contribution is -2.30. The Balaban J connectivity index is 0. The van der Waals surface area contributed by atoms with Crippen LogP contribution in [0.25, 0.3) is 0 Å². The van der Waals surface area contributed by atoms with Crippen molar-refractivity contribution in [2.45, 2.75) is 181 Å². The summed E-state index contributed by atoms with van der Waals surface area (Å²) >= 11 is 0. The largest absolute Gasteiger partial charge is 0.462 e. The molecule has 0 rings (SSSR count). The highest BCUT2D eigenvalue weighted by Gasteiger charge is 2.17. The predicted molar refractivity (Wildman–Crippen MR) is 172 cm³/mol. The van der Waals surface area contributed by atoms with Crippen LogP contribution in [0.1, 0.15) is 175 Å². The summed E-state index contributed by atoms with van der Waals surface area (Å²) in [5.74, 6) is -0.461. The van der Waals surface area contributed by atoms with Gasteiger partial charge in [-0.1, -0.05) is 150 Å². The summed E-state index contributed by atoms with van der Waals surface area (Å²) in [4.78, 5) is 24.6. The number of carbonyl (C=O) groups is 2. The molecule has 0 aliphatic heterocycles. The van der Waals surface area contributed by atoms with Crippen LogP contribution in [-0.2, 0) is 28.5 Å². The molecule has 0 N–H and O–H groups in total. The Hall–Kier alpha value is -1.14. The summed E-state index contributed by atoms with van der Waals surface area (Å²) < 4.78 is 21.6. The van der Waals surface area contributed by atoms with Crippen LogP contribution in [-0.4, -0.2) is 51.6 Å². The predicted octanol–water partition coefficient (Wildman–Crippen LogP) is 10.1. The molecule has 0 bridgehead atoms. The minimum atomic E-state index is -0.571. The van der Waals surface area contributed by atoms with Crippen molar-refractivity contribution in [3.8, 4) is 0 Å². The van der Waals surface area contributed by atoms with Gasteiger partial charge in [0.2, 0.25) is 0 Å². The number of hydrogen-bond donors (Lipinski definition) is 0. The van der Waals surface area contributed by atoms with Crippen molar-refractivity contribution in [1.29, 1.82) is 0 Å². The molecule has 1 unspecified atom stereocenters. The number of carbonyl (C=O) groups excluding carboxylic acids is 2. The Bertz CT molecular complexity index is 539. The molecule has 0 aromatic rings. The van der Waals surface area contributed by atoms with Crippen molar-refractivity contribution < 1.29 is 28.5 Å². The average Bonchev–Trinajstić information content (AvgIpc) is 2.95. The Morgan fingerprint density at radius 3 is 1.32 bits per heavy atom. The van der Waals surface area contributed by atoms with Crippen molar-refractivity contribution >= 4 is 11.9 Å². The second-order valence-electron chi connectivity index (χ2n) is 11.4. The summed E-state index contributed by atoms with van der Waals surface area (Å²) in [5.41, 5.74) is 0. The maximum atomic E-state index is 12.4. The van der Waals surface area contributed by atoms with Crippen LogP contribution in [0.4, 0.5) is 0 Å². The van der Waals surface area contributed by atoms with Gasteiger partial charge < -0.3 is 18.9 Å². The first-order valence-electron chi connectivity index (χ1n) is 17.1. The highest BCUT2D eigenvalue weighted by Crippen LogP contribution is 2.14. The Morgan fingerprint density at radius 1 is 0.512 bits per heavy atom. The van der Waals surface area contributed by atoms with Gasteiger partial charge in [0.05, 0.1) is 19.8 Å². The standard InChI is InChI=1S/C34H66O6.CH4/c1-4-6-8-10-12-14-16-18-20-22-24-26-33(35)39-31-32(30-38-29-28-37-3)40-34(36)27-25-23-21-19-17-15-13-11-9-7-5-2;/h32H,4-31H2,1-3H3;1H4. The molecule has 0 aliphatic carbocycles. The maximum absolute atomic E-state index is 12.4. The summed E-state index contributed by atoms with van der Waals surface area (Å²) in [5, 5.41) is 0. The van der Waals surface area contributed by atoms with Gasteiger partial charge in [-0.2, -0.15) is 0 Å². The van der Waals surface area contributed by atoms with Crippen LogP contribution in [0.5, 0.6) is 0 Å². The monoisotopic (exact) mass is 587 g/mol. The Labute approximate surface area is 255 Å². The van der Waals surface area contributed by atoms with Crippen molar-refractivity contribution in [3.05, 3.63) is 0 Å². The van der Waals surface area contributed by atoms with E-state index in [1.54, 1.807) is 7.11 Å². The molecule has 246 valence electrons. The van der Waals surface area contributed by atoms with E-state index in [0.717, 1.165) is 25.7 Å². The number of hydrogen-bond acceptors (Lipinski definition) is 6. The molecule has 0 aliphatic rings. The SMILES string of the molecule is C.CCCCCCCCCCCCCC(=O)OCC(COCCOC)OC(=O)CCCCCCCCCCCCC. The van der Waals surface area contributed by atoms with Crippen molar-refractivity contribution in [3.63, 3.8) is 0 Å². The van der Waals surface area contributed by atoms with Crippen LogP contribution < -0.4 is 0 Å². The molecule has 0 heterocycles. The second kappa shape index (κ2) is 35.1. The molecule has 0 aromatic heterocycles. The fraction of sp³-hybridized carbons (Fsp3) is 0.943. The molecule has 0 aromatic carbocycles. The fourth-order valence-electron chi connectivity index (χ4n) is 4.84. The topological polar surface area (TPSA) is 71.1 Å². The summed E-state index contributed by atoms with van der Waals surface area (Å²) in [6.45, 7) is 5.64. The lowest BCUT2D eigenvalue weighted by Gasteiger charge is -2.18. The van der Waals surface area contributed by atoms with Gasteiger partial charge in [0.25, 0.3) is 0 Å². The van der Waals surface area contributed by atoms with Crippen LogP contribution >= 0.6 is 0 Å². The van der Waals surface area contributed by atoms with E-state index in [-0.39, 0.29) is 32.6 Å². The van der Waals surface area contributed by atoms with Gasteiger partial charge in [-0.25, -0.2) is 0 Å². The molecular weight excluding hydrogens is 516 g/mol. The van der Waals surface area contributed by atoms with Gasteiger partial charge >= 0.3 is 11.9 Å². The fourth-order valence-corrected chi connectivity index (χ4v) is 4.84. The molecule has 41 heavy (non-hydrogen) atoms. The number of methoxy groups -OCH3 is 1. The van der Waals surface area contributed by atoms with Gasteiger partial charge in [0.1, 0.15) is 6.61 Å². The lowest BCUT2D eigenvalue weighted by molar-refractivity contribution is -0.163. The zero-order valence-electron chi connectivity index (χ0n) is 26.8. The van der Waals surface area contributed by atoms with Crippen LogP contribution in [0.2, 0.25) is 0 Å². The van der Waals surface area contributed by atoms with Gasteiger partial charge in [-0.3, -0.25) is 9.59 Å². The molecule has 0 saturated heterocycles. The van der Waals surface area contributed by atoms with Crippen LogP contribution in [0, 0.1) is 0 Å². The highest BCUT2D eigenvalue weighted by atomic mass is 16.6. The number of rotatable bonds is 32. The Kier molecular flexibility index (Phi) is 35.9. The van der Waals surface area contributed by atoms with E-state index in [0.29, 0.717) is 26.1 Å². The van der Waals surface area contributed by atoms with Crippen LogP contribution in [0.3, 0.4) is 0 Å². The van der Waals surface area contributed by atoms with Crippen LogP contribution in [0.15, 0.2) is 0 Å². The molecule has 0 amide bonds. The van der Waals surface area contributed by atoms with E-state index in [1.165, 1.54) is 116 Å². The van der Waals surface area contributed by atoms with Crippen molar-refractivity contribution in [2.75, 3.05) is 33.5 Å². The molecule has 0 spiro atoms. The second-order valence-corrected chi connectivity index (χ2v) is 11.4. The van der Waals surface area contributed by atoms with E-state index < -0.39 is 6.10 Å². The lowest BCUT2D eigenvalue weighted by atomic mass is 10.1.